The molecule has 82 valence electrons. The monoisotopic (exact) mass is 214 g/mol. The molecule has 0 amide bonds. The Hall–Kier alpha value is -1.96. The van der Waals surface area contributed by atoms with E-state index in [0.29, 0.717) is 4.74 Å². The lowest BCUT2D eigenvalue weighted by Crippen LogP contribution is -2.13. The fourth-order valence-electron chi connectivity index (χ4n) is 0.996. The van der Waals surface area contributed by atoms with E-state index in [1.54, 1.807) is 0 Å². The van der Waals surface area contributed by atoms with Gasteiger partial charge < -0.3 is 20.4 Å². The predicted octanol–water partition coefficient (Wildman–Crippen LogP) is -0.750. The van der Waals surface area contributed by atoms with Crippen molar-refractivity contribution in [1.82, 2.24) is 9.55 Å². The van der Waals surface area contributed by atoms with Crippen LogP contribution in [0.2, 0.25) is 0 Å². The van der Waals surface area contributed by atoms with Crippen LogP contribution in [-0.2, 0) is 7.05 Å². The Kier molecular flexibility index (Phi) is 3.34. The van der Waals surface area contributed by atoms with Gasteiger partial charge in [0.1, 0.15) is 12.8 Å². The second kappa shape index (κ2) is 4.51. The Morgan fingerprint density at radius 2 is 2.33 bits per heavy atom. The second-order valence-electron chi connectivity index (χ2n) is 2.78. The summed E-state index contributed by atoms with van der Waals surface area (Å²) in [6.45, 7) is -0.382. The van der Waals surface area contributed by atoms with Crippen LogP contribution in [0.25, 0.3) is 0 Å². The molecule has 0 saturated carbocycles. The maximum absolute atomic E-state index is 11.0. The van der Waals surface area contributed by atoms with E-state index >= 15 is 0 Å². The standard InChI is InChI=1S/C7H10N4O4/c1-9-6(5-10(13)2-3-12)8-4-7(9)11(14)15/h4-5,12H,2-3H2,1H3/b10-5+. The van der Waals surface area contributed by atoms with E-state index in [9.17, 15) is 15.3 Å². The van der Waals surface area contributed by atoms with Crippen LogP contribution in [0, 0.1) is 15.3 Å². The molecule has 1 rings (SSSR count). The third-order valence-electron chi connectivity index (χ3n) is 1.77. The third kappa shape index (κ3) is 2.50. The van der Waals surface area contributed by atoms with Crippen LogP contribution in [-0.4, -0.2) is 43.7 Å². The summed E-state index contributed by atoms with van der Waals surface area (Å²) < 4.78 is 1.65. The SMILES string of the molecule is Cn1c([N+](=O)[O-])cnc1/C=[N+](/[O-])CCO. The van der Waals surface area contributed by atoms with E-state index in [-0.39, 0.29) is 24.8 Å². The predicted molar refractivity (Wildman–Crippen MR) is 50.6 cm³/mol. The molecule has 0 radical (unpaired) electrons. The van der Waals surface area contributed by atoms with Crippen LogP contribution in [0.5, 0.6) is 0 Å². The molecule has 0 fully saturated rings. The molecular formula is C7H10N4O4. The van der Waals surface area contributed by atoms with Gasteiger partial charge in [-0.15, -0.1) is 0 Å². The lowest BCUT2D eigenvalue weighted by Gasteiger charge is -1.99. The van der Waals surface area contributed by atoms with Crippen LogP contribution >= 0.6 is 0 Å². The molecule has 1 heterocycles. The van der Waals surface area contributed by atoms with Crippen molar-refractivity contribution >= 4 is 12.0 Å². The lowest BCUT2D eigenvalue weighted by atomic mass is 10.6. The largest absolute Gasteiger partial charge is 0.624 e. The molecule has 0 spiro atoms. The molecule has 0 unspecified atom stereocenters. The van der Waals surface area contributed by atoms with Crippen LogP contribution in [0.1, 0.15) is 5.82 Å². The van der Waals surface area contributed by atoms with E-state index < -0.39 is 4.92 Å². The Morgan fingerprint density at radius 3 is 2.80 bits per heavy atom. The Labute approximate surface area is 84.8 Å². The van der Waals surface area contributed by atoms with Gasteiger partial charge in [0.05, 0.1) is 7.05 Å². The summed E-state index contributed by atoms with van der Waals surface area (Å²) in [7, 11) is 1.43. The molecule has 0 aliphatic heterocycles. The van der Waals surface area contributed by atoms with Crippen LogP contribution in [0.3, 0.4) is 0 Å². The van der Waals surface area contributed by atoms with Gasteiger partial charge in [-0.25, -0.2) is 14.3 Å². The molecule has 0 saturated heterocycles. The minimum atomic E-state index is -0.592. The summed E-state index contributed by atoms with van der Waals surface area (Å²) in [6, 6.07) is 0. The molecule has 15 heavy (non-hydrogen) atoms. The first-order valence-electron chi connectivity index (χ1n) is 4.12. The quantitative estimate of drug-likeness (QED) is 0.233. The van der Waals surface area contributed by atoms with Gasteiger partial charge in [0.15, 0.2) is 6.54 Å². The highest BCUT2D eigenvalue weighted by molar-refractivity contribution is 5.71. The van der Waals surface area contributed by atoms with Crippen molar-refractivity contribution in [3.05, 3.63) is 27.3 Å². The first-order chi connectivity index (χ1) is 7.06. The van der Waals surface area contributed by atoms with E-state index in [1.807, 2.05) is 0 Å². The smallest absolute Gasteiger partial charge is 0.343 e. The number of aliphatic hydroxyl groups is 1. The fourth-order valence-corrected chi connectivity index (χ4v) is 0.996. The molecule has 0 atom stereocenters. The van der Waals surface area contributed by atoms with Gasteiger partial charge >= 0.3 is 5.82 Å². The number of hydrogen-bond acceptors (Lipinski definition) is 5. The van der Waals surface area contributed by atoms with Crippen molar-refractivity contribution in [2.24, 2.45) is 7.05 Å². The summed E-state index contributed by atoms with van der Waals surface area (Å²) in [5.74, 6) is -0.0243. The molecule has 1 aromatic rings. The average molecular weight is 214 g/mol. The van der Waals surface area contributed by atoms with Gasteiger partial charge in [-0.2, -0.15) is 0 Å². The summed E-state index contributed by atoms with van der Waals surface area (Å²) >= 11 is 0. The fraction of sp³-hybridized carbons (Fsp3) is 0.429. The molecule has 0 aliphatic carbocycles. The normalized spacial score (nSPS) is 11.7. The molecule has 8 heteroatoms. The maximum atomic E-state index is 11.0. The van der Waals surface area contributed by atoms with Crippen molar-refractivity contribution in [2.45, 2.75) is 0 Å². The highest BCUT2D eigenvalue weighted by Crippen LogP contribution is 2.09. The molecule has 1 N–H and O–H groups in total. The van der Waals surface area contributed by atoms with Crippen LogP contribution in [0.15, 0.2) is 6.20 Å². The Morgan fingerprint density at radius 1 is 1.67 bits per heavy atom. The topological polar surface area (TPSA) is 107 Å². The summed E-state index contributed by atoms with van der Waals surface area (Å²) in [5, 5.41) is 29.9. The highest BCUT2D eigenvalue weighted by atomic mass is 16.6. The van der Waals surface area contributed by atoms with Crippen molar-refractivity contribution in [2.75, 3.05) is 13.2 Å². The van der Waals surface area contributed by atoms with Crippen molar-refractivity contribution in [1.29, 1.82) is 0 Å². The number of aliphatic hydroxyl groups excluding tert-OH is 1. The first kappa shape index (κ1) is 11.1. The van der Waals surface area contributed by atoms with Crippen molar-refractivity contribution in [3.8, 4) is 0 Å². The zero-order chi connectivity index (χ0) is 11.4. The van der Waals surface area contributed by atoms with E-state index in [2.05, 4.69) is 4.98 Å². The molecule has 1 aromatic heterocycles. The number of imidazole rings is 1. The number of nitrogens with zero attached hydrogens (tertiary/aromatic N) is 4. The molecule has 0 aliphatic rings. The number of rotatable bonds is 4. The maximum Gasteiger partial charge on any atom is 0.343 e. The molecule has 0 bridgehead atoms. The number of hydrogen-bond donors (Lipinski definition) is 1. The van der Waals surface area contributed by atoms with Gasteiger partial charge in [0, 0.05) is 0 Å². The number of hydroxylamine groups is 1. The number of nitro groups is 1. The summed E-state index contributed by atoms with van der Waals surface area (Å²) in [6.07, 6.45) is 2.15. The van der Waals surface area contributed by atoms with Gasteiger partial charge in [-0.1, -0.05) is 0 Å². The minimum Gasteiger partial charge on any atom is -0.624 e. The van der Waals surface area contributed by atoms with Gasteiger partial charge in [-0.05, 0) is 4.92 Å². The second-order valence-corrected chi connectivity index (χ2v) is 2.78. The van der Waals surface area contributed by atoms with E-state index in [4.69, 9.17) is 5.11 Å². The van der Waals surface area contributed by atoms with Crippen molar-refractivity contribution in [3.63, 3.8) is 0 Å². The van der Waals surface area contributed by atoms with Gasteiger partial charge in [0.25, 0.3) is 5.82 Å². The highest BCUT2D eigenvalue weighted by Gasteiger charge is 2.16. The Balaban J connectivity index is 2.97. The summed E-state index contributed by atoms with van der Waals surface area (Å²) in [4.78, 5) is 13.6. The van der Waals surface area contributed by atoms with E-state index in [0.717, 1.165) is 12.4 Å². The van der Waals surface area contributed by atoms with Crippen LogP contribution in [0.4, 0.5) is 5.82 Å². The zero-order valence-electron chi connectivity index (χ0n) is 8.03. The van der Waals surface area contributed by atoms with Gasteiger partial charge in [0.2, 0.25) is 6.21 Å². The first-order valence-corrected chi connectivity index (χ1v) is 4.12. The average Bonchev–Trinajstić information content (AvgIpc) is 2.48. The third-order valence-corrected chi connectivity index (χ3v) is 1.77. The molecular weight excluding hydrogens is 204 g/mol. The number of aromatic nitrogens is 2. The minimum absolute atomic E-state index is 0.0966. The Bertz CT molecular complexity index is 398. The summed E-state index contributed by atoms with van der Waals surface area (Å²) in [5.41, 5.74) is 0. The molecule has 8 nitrogen and oxygen atoms in total. The molecule has 0 aromatic carbocycles. The zero-order valence-corrected chi connectivity index (χ0v) is 8.03. The van der Waals surface area contributed by atoms with Crippen LogP contribution < -0.4 is 0 Å². The lowest BCUT2D eigenvalue weighted by molar-refractivity contribution is -0.455. The van der Waals surface area contributed by atoms with Crippen molar-refractivity contribution < 1.29 is 14.8 Å². The van der Waals surface area contributed by atoms with Gasteiger partial charge in [-0.3, -0.25) is 0 Å². The van der Waals surface area contributed by atoms with E-state index in [1.165, 1.54) is 11.6 Å².